The molecule has 0 radical (unpaired) electrons. The van der Waals surface area contributed by atoms with Crippen molar-refractivity contribution in [3.8, 4) is 5.69 Å². The van der Waals surface area contributed by atoms with E-state index in [2.05, 4.69) is 39.8 Å². The van der Waals surface area contributed by atoms with Crippen LogP contribution in [0, 0.1) is 6.92 Å². The highest BCUT2D eigenvalue weighted by atomic mass is 35.5. The van der Waals surface area contributed by atoms with Crippen LogP contribution in [0.4, 0.5) is 0 Å². The maximum absolute atomic E-state index is 12.0. The molecule has 1 amide bonds. The highest BCUT2D eigenvalue weighted by Gasteiger charge is 2.22. The fourth-order valence-corrected chi connectivity index (χ4v) is 3.68. The summed E-state index contributed by atoms with van der Waals surface area (Å²) >= 11 is 7.51. The molecular weight excluding hydrogens is 392 g/mol. The highest BCUT2D eigenvalue weighted by molar-refractivity contribution is 7.98. The second-order valence-corrected chi connectivity index (χ2v) is 8.23. The number of alkyl halides is 1. The minimum Gasteiger partial charge on any atom is -0.345 e. The van der Waals surface area contributed by atoms with E-state index in [9.17, 15) is 4.79 Å². The molecule has 7 heteroatoms. The van der Waals surface area contributed by atoms with Gasteiger partial charge in [-0.1, -0.05) is 59.8 Å². The Morgan fingerprint density at radius 2 is 1.79 bits per heavy atom. The molecule has 0 fully saturated rings. The molecule has 0 saturated heterocycles. The highest BCUT2D eigenvalue weighted by Crippen LogP contribution is 2.27. The van der Waals surface area contributed by atoms with Gasteiger partial charge in [-0.15, -0.1) is 21.8 Å². The zero-order valence-electron chi connectivity index (χ0n) is 16.1. The van der Waals surface area contributed by atoms with Crippen LogP contribution in [0.15, 0.2) is 59.8 Å². The van der Waals surface area contributed by atoms with Gasteiger partial charge in [-0.3, -0.25) is 9.36 Å². The van der Waals surface area contributed by atoms with E-state index >= 15 is 0 Å². The van der Waals surface area contributed by atoms with Crippen molar-refractivity contribution in [1.82, 2.24) is 20.1 Å². The summed E-state index contributed by atoms with van der Waals surface area (Å²) in [4.78, 5) is 12.0. The number of aromatic nitrogens is 3. The molecule has 3 rings (SSSR count). The first kappa shape index (κ1) is 20.4. The number of carbonyl (C=O) groups excluding carboxylic acids is 1. The summed E-state index contributed by atoms with van der Waals surface area (Å²) in [6.07, 6.45) is 0. The maximum Gasteiger partial charge on any atom is 0.238 e. The first-order chi connectivity index (χ1) is 13.5. The Morgan fingerprint density at radius 3 is 2.43 bits per heavy atom. The number of halogens is 1. The molecule has 0 bridgehead atoms. The van der Waals surface area contributed by atoms with Crippen molar-refractivity contribution in [2.75, 3.05) is 0 Å². The lowest BCUT2D eigenvalue weighted by molar-refractivity contribution is -0.121. The Morgan fingerprint density at radius 1 is 1.11 bits per heavy atom. The minimum absolute atomic E-state index is 0.230. The van der Waals surface area contributed by atoms with E-state index in [0.29, 0.717) is 5.82 Å². The SMILES string of the molecule is Cc1ccc(-n2c(SCc3ccccc3)nnc2C(C)NC(=O)C(C)Cl)cc1. The zero-order valence-corrected chi connectivity index (χ0v) is 17.7. The van der Waals surface area contributed by atoms with Gasteiger partial charge in [0.15, 0.2) is 11.0 Å². The molecule has 3 aromatic rings. The predicted octanol–water partition coefficient (Wildman–Crippen LogP) is 4.67. The molecule has 0 aliphatic heterocycles. The lowest BCUT2D eigenvalue weighted by Gasteiger charge is -2.17. The van der Waals surface area contributed by atoms with Gasteiger partial charge in [0, 0.05) is 11.4 Å². The van der Waals surface area contributed by atoms with Crippen molar-refractivity contribution in [2.24, 2.45) is 0 Å². The van der Waals surface area contributed by atoms with Gasteiger partial charge in [-0.05, 0) is 38.5 Å². The summed E-state index contributed by atoms with van der Waals surface area (Å²) in [7, 11) is 0. The van der Waals surface area contributed by atoms with Crippen molar-refractivity contribution in [1.29, 1.82) is 0 Å². The molecule has 2 unspecified atom stereocenters. The Bertz CT molecular complexity index is 925. The van der Waals surface area contributed by atoms with Gasteiger partial charge in [-0.2, -0.15) is 0 Å². The second-order valence-electron chi connectivity index (χ2n) is 6.63. The number of nitrogens with zero attached hydrogens (tertiary/aromatic N) is 3. The average Bonchev–Trinajstić information content (AvgIpc) is 3.11. The van der Waals surface area contributed by atoms with E-state index in [-0.39, 0.29) is 11.9 Å². The van der Waals surface area contributed by atoms with Crippen LogP contribution in [0.3, 0.4) is 0 Å². The number of nitrogens with one attached hydrogen (secondary N) is 1. The Kier molecular flexibility index (Phi) is 6.75. The molecule has 1 N–H and O–H groups in total. The molecule has 1 heterocycles. The van der Waals surface area contributed by atoms with Crippen molar-refractivity contribution in [2.45, 2.75) is 43.1 Å². The number of hydrogen-bond donors (Lipinski definition) is 1. The van der Waals surface area contributed by atoms with Crippen molar-refractivity contribution < 1.29 is 4.79 Å². The Labute approximate surface area is 174 Å². The summed E-state index contributed by atoms with van der Waals surface area (Å²) < 4.78 is 2.00. The van der Waals surface area contributed by atoms with Gasteiger partial charge in [0.25, 0.3) is 0 Å². The standard InChI is InChI=1S/C21H23ClN4OS/c1-14-9-11-18(12-10-14)26-19(16(3)23-20(27)15(2)22)24-25-21(26)28-13-17-7-5-4-6-8-17/h4-12,15-16H,13H2,1-3H3,(H,23,27). The zero-order chi connectivity index (χ0) is 20.1. The van der Waals surface area contributed by atoms with Crippen LogP contribution < -0.4 is 5.32 Å². The number of hydrogen-bond acceptors (Lipinski definition) is 4. The quantitative estimate of drug-likeness (QED) is 0.450. The van der Waals surface area contributed by atoms with E-state index in [4.69, 9.17) is 11.6 Å². The van der Waals surface area contributed by atoms with Crippen LogP contribution in [-0.4, -0.2) is 26.0 Å². The van der Waals surface area contributed by atoms with Crippen LogP contribution >= 0.6 is 23.4 Å². The third-order valence-electron chi connectivity index (χ3n) is 4.27. The predicted molar refractivity (Wildman–Crippen MR) is 114 cm³/mol. The van der Waals surface area contributed by atoms with E-state index in [1.165, 1.54) is 11.1 Å². The summed E-state index contributed by atoms with van der Waals surface area (Å²) in [5, 5.41) is 11.8. The lowest BCUT2D eigenvalue weighted by Crippen LogP contribution is -2.33. The van der Waals surface area contributed by atoms with Gasteiger partial charge in [0.1, 0.15) is 5.38 Å². The molecule has 0 aliphatic rings. The van der Waals surface area contributed by atoms with E-state index in [1.807, 2.05) is 48.7 Å². The van der Waals surface area contributed by atoms with E-state index in [1.54, 1.807) is 18.7 Å². The molecule has 146 valence electrons. The summed E-state index contributed by atoms with van der Waals surface area (Å²) in [6, 6.07) is 18.1. The van der Waals surface area contributed by atoms with Crippen LogP contribution in [0.1, 0.15) is 36.8 Å². The Hall–Kier alpha value is -2.31. The molecule has 0 aliphatic carbocycles. The van der Waals surface area contributed by atoms with Gasteiger partial charge >= 0.3 is 0 Å². The van der Waals surface area contributed by atoms with Gasteiger partial charge < -0.3 is 5.32 Å². The fourth-order valence-electron chi connectivity index (χ4n) is 2.71. The third kappa shape index (κ3) is 4.94. The maximum atomic E-state index is 12.0. The number of rotatable bonds is 7. The third-order valence-corrected chi connectivity index (χ3v) is 5.47. The molecule has 1 aromatic heterocycles. The van der Waals surface area contributed by atoms with Gasteiger partial charge in [0.05, 0.1) is 6.04 Å². The monoisotopic (exact) mass is 414 g/mol. The molecule has 0 saturated carbocycles. The van der Waals surface area contributed by atoms with Crippen molar-refractivity contribution in [3.63, 3.8) is 0 Å². The van der Waals surface area contributed by atoms with Crippen molar-refractivity contribution in [3.05, 3.63) is 71.5 Å². The largest absolute Gasteiger partial charge is 0.345 e. The van der Waals surface area contributed by atoms with Crippen LogP contribution in [0.2, 0.25) is 0 Å². The molecule has 2 atom stereocenters. The van der Waals surface area contributed by atoms with Gasteiger partial charge in [0.2, 0.25) is 5.91 Å². The second kappa shape index (κ2) is 9.26. The van der Waals surface area contributed by atoms with Crippen molar-refractivity contribution >= 4 is 29.3 Å². The summed E-state index contributed by atoms with van der Waals surface area (Å²) in [5.74, 6) is 1.22. The number of thioether (sulfide) groups is 1. The number of aryl methyl sites for hydroxylation is 1. The van der Waals surface area contributed by atoms with E-state index < -0.39 is 5.38 Å². The average molecular weight is 415 g/mol. The number of carbonyl (C=O) groups is 1. The summed E-state index contributed by atoms with van der Waals surface area (Å²) in [6.45, 7) is 5.58. The van der Waals surface area contributed by atoms with E-state index in [0.717, 1.165) is 16.6 Å². The van der Waals surface area contributed by atoms with Crippen LogP contribution in [-0.2, 0) is 10.5 Å². The number of amides is 1. The first-order valence-electron chi connectivity index (χ1n) is 9.09. The topological polar surface area (TPSA) is 59.8 Å². The first-order valence-corrected chi connectivity index (χ1v) is 10.5. The smallest absolute Gasteiger partial charge is 0.238 e. The molecular formula is C21H23ClN4OS. The molecule has 28 heavy (non-hydrogen) atoms. The Balaban J connectivity index is 1.92. The molecule has 2 aromatic carbocycles. The molecule has 0 spiro atoms. The summed E-state index contributed by atoms with van der Waals surface area (Å²) in [5.41, 5.74) is 3.35. The number of benzene rings is 2. The lowest BCUT2D eigenvalue weighted by atomic mass is 10.2. The fraction of sp³-hybridized carbons (Fsp3) is 0.286. The van der Waals surface area contributed by atoms with Gasteiger partial charge in [-0.25, -0.2) is 0 Å². The molecule has 5 nitrogen and oxygen atoms in total. The van der Waals surface area contributed by atoms with Crippen LogP contribution in [0.5, 0.6) is 0 Å². The normalized spacial score (nSPS) is 13.1. The van der Waals surface area contributed by atoms with Crippen LogP contribution in [0.25, 0.3) is 5.69 Å². The minimum atomic E-state index is -0.606.